The van der Waals surface area contributed by atoms with Crippen molar-refractivity contribution in [3.63, 3.8) is 0 Å². The lowest BCUT2D eigenvalue weighted by molar-refractivity contribution is -0.116. The molecule has 32 heavy (non-hydrogen) atoms. The van der Waals surface area contributed by atoms with Crippen LogP contribution in [0.1, 0.15) is 21.6 Å². The van der Waals surface area contributed by atoms with E-state index in [0.29, 0.717) is 29.9 Å². The van der Waals surface area contributed by atoms with Crippen LogP contribution in [0.2, 0.25) is 0 Å². The Hall–Kier alpha value is -4.46. The summed E-state index contributed by atoms with van der Waals surface area (Å²) < 4.78 is 1.66. The second kappa shape index (κ2) is 9.57. The third kappa shape index (κ3) is 4.99. The monoisotopic (exact) mass is 426 g/mol. The van der Waals surface area contributed by atoms with Crippen molar-refractivity contribution < 1.29 is 9.59 Å². The molecule has 160 valence electrons. The number of fused-ring (bicyclic) bond motifs is 1. The van der Waals surface area contributed by atoms with Gasteiger partial charge in [-0.05, 0) is 54.5 Å². The second-order valence-electron chi connectivity index (χ2n) is 7.09. The Morgan fingerprint density at radius 2 is 1.84 bits per heavy atom. The van der Waals surface area contributed by atoms with Crippen LogP contribution in [-0.4, -0.2) is 33.0 Å². The maximum absolute atomic E-state index is 12.4. The highest BCUT2D eigenvalue weighted by Gasteiger charge is 2.08. The minimum atomic E-state index is -0.227. The Morgan fingerprint density at radius 3 is 2.66 bits per heavy atom. The van der Waals surface area contributed by atoms with Gasteiger partial charge in [-0.3, -0.25) is 9.59 Å². The highest BCUT2D eigenvalue weighted by atomic mass is 16.2. The molecule has 0 fully saturated rings. The minimum absolute atomic E-state index is 0.202. The van der Waals surface area contributed by atoms with E-state index in [2.05, 4.69) is 20.7 Å². The van der Waals surface area contributed by atoms with Crippen LogP contribution in [-0.2, 0) is 11.2 Å². The molecule has 4 aromatic rings. The van der Waals surface area contributed by atoms with E-state index in [1.807, 2.05) is 30.3 Å². The number of hydrogen-bond donors (Lipinski definition) is 3. The largest absolute Gasteiger partial charge is 0.397 e. The van der Waals surface area contributed by atoms with Gasteiger partial charge in [0.2, 0.25) is 5.91 Å². The van der Waals surface area contributed by atoms with Crippen molar-refractivity contribution in [1.29, 1.82) is 0 Å². The average molecular weight is 426 g/mol. The molecule has 2 aromatic heterocycles. The topological polar surface area (TPSA) is 114 Å². The van der Waals surface area contributed by atoms with E-state index in [1.54, 1.807) is 53.3 Å². The molecule has 4 rings (SSSR count). The first-order valence-corrected chi connectivity index (χ1v) is 10.1. The fraction of sp³-hybridized carbons (Fsp3) is 0.0833. The van der Waals surface area contributed by atoms with Crippen molar-refractivity contribution >= 4 is 34.9 Å². The molecule has 2 aromatic carbocycles. The van der Waals surface area contributed by atoms with Crippen LogP contribution in [0.3, 0.4) is 0 Å². The quantitative estimate of drug-likeness (QED) is 0.311. The molecule has 0 atom stereocenters. The number of benzene rings is 2. The number of imidazole rings is 1. The second-order valence-corrected chi connectivity index (χ2v) is 7.09. The summed E-state index contributed by atoms with van der Waals surface area (Å²) in [6.07, 6.45) is 7.11. The molecule has 0 aliphatic carbocycles. The number of amides is 2. The van der Waals surface area contributed by atoms with Gasteiger partial charge < -0.3 is 16.4 Å². The summed E-state index contributed by atoms with van der Waals surface area (Å²) in [5, 5.41) is 9.85. The maximum atomic E-state index is 12.4. The number of rotatable bonds is 7. The number of para-hydroxylation sites is 2. The third-order valence-corrected chi connectivity index (χ3v) is 4.85. The predicted octanol–water partition coefficient (Wildman–Crippen LogP) is 2.94. The van der Waals surface area contributed by atoms with Gasteiger partial charge in [-0.2, -0.15) is 5.10 Å². The van der Waals surface area contributed by atoms with Crippen LogP contribution in [0.4, 0.5) is 11.4 Å². The standard InChI is InChI=1S/C24H22N6O2/c25-20-4-1-2-5-21(20)29-24(32)18-9-7-17(8-10-18)13-15-26-23(31)12-11-19-16-27-22-6-3-14-28-30(19)22/h1-12,14,16H,13,15,25H2,(H,26,31)(H,29,32)/b12-11+. The average Bonchev–Trinajstić information content (AvgIpc) is 3.23. The van der Waals surface area contributed by atoms with Gasteiger partial charge in [0, 0.05) is 24.4 Å². The van der Waals surface area contributed by atoms with Crippen molar-refractivity contribution in [3.8, 4) is 0 Å². The van der Waals surface area contributed by atoms with Crippen molar-refractivity contribution in [2.24, 2.45) is 0 Å². The van der Waals surface area contributed by atoms with Crippen molar-refractivity contribution in [3.05, 3.63) is 96.0 Å². The lowest BCUT2D eigenvalue weighted by Crippen LogP contribution is -2.23. The molecule has 4 N–H and O–H groups in total. The van der Waals surface area contributed by atoms with E-state index < -0.39 is 0 Å². The van der Waals surface area contributed by atoms with Gasteiger partial charge in [-0.15, -0.1) is 0 Å². The van der Waals surface area contributed by atoms with Gasteiger partial charge in [0.05, 0.1) is 23.3 Å². The van der Waals surface area contributed by atoms with Crippen LogP contribution in [0.5, 0.6) is 0 Å². The Morgan fingerprint density at radius 1 is 1.03 bits per heavy atom. The SMILES string of the molecule is Nc1ccccc1NC(=O)c1ccc(CCNC(=O)/C=C/c2cnc3cccnn23)cc1. The summed E-state index contributed by atoms with van der Waals surface area (Å²) in [6, 6.07) is 18.0. The summed E-state index contributed by atoms with van der Waals surface area (Å²) in [5.74, 6) is -0.429. The highest BCUT2D eigenvalue weighted by molar-refractivity contribution is 6.05. The first kappa shape index (κ1) is 20.8. The van der Waals surface area contributed by atoms with Crippen LogP contribution >= 0.6 is 0 Å². The van der Waals surface area contributed by atoms with Gasteiger partial charge in [0.1, 0.15) is 0 Å². The van der Waals surface area contributed by atoms with Gasteiger partial charge in [-0.1, -0.05) is 24.3 Å². The van der Waals surface area contributed by atoms with E-state index in [9.17, 15) is 9.59 Å². The van der Waals surface area contributed by atoms with Gasteiger partial charge in [-0.25, -0.2) is 9.50 Å². The number of anilines is 2. The summed E-state index contributed by atoms with van der Waals surface area (Å²) >= 11 is 0. The molecule has 0 aliphatic rings. The molecule has 8 heteroatoms. The van der Waals surface area contributed by atoms with Crippen LogP contribution in [0.15, 0.2) is 79.1 Å². The Bertz CT molecular complexity index is 1280. The van der Waals surface area contributed by atoms with Crippen molar-refractivity contribution in [2.75, 3.05) is 17.6 Å². The first-order valence-electron chi connectivity index (χ1n) is 10.1. The third-order valence-electron chi connectivity index (χ3n) is 4.85. The molecule has 0 bridgehead atoms. The van der Waals surface area contributed by atoms with E-state index in [0.717, 1.165) is 16.9 Å². The van der Waals surface area contributed by atoms with Gasteiger partial charge >= 0.3 is 0 Å². The van der Waals surface area contributed by atoms with Crippen LogP contribution < -0.4 is 16.4 Å². The number of nitrogen functional groups attached to an aromatic ring is 1. The Balaban J connectivity index is 1.26. The van der Waals surface area contributed by atoms with Crippen LogP contribution in [0.25, 0.3) is 11.7 Å². The molecule has 0 saturated heterocycles. The molecule has 0 saturated carbocycles. The lowest BCUT2D eigenvalue weighted by Gasteiger charge is -2.08. The minimum Gasteiger partial charge on any atom is -0.397 e. The molecular weight excluding hydrogens is 404 g/mol. The molecule has 2 amide bonds. The normalized spacial score (nSPS) is 11.0. The predicted molar refractivity (Wildman–Crippen MR) is 124 cm³/mol. The van der Waals surface area contributed by atoms with Crippen molar-refractivity contribution in [1.82, 2.24) is 19.9 Å². The summed E-state index contributed by atoms with van der Waals surface area (Å²) in [7, 11) is 0. The van der Waals surface area contributed by atoms with E-state index in [4.69, 9.17) is 5.73 Å². The number of hydrogen-bond acceptors (Lipinski definition) is 5. The zero-order chi connectivity index (χ0) is 22.3. The smallest absolute Gasteiger partial charge is 0.255 e. The van der Waals surface area contributed by atoms with Crippen molar-refractivity contribution in [2.45, 2.75) is 6.42 Å². The maximum Gasteiger partial charge on any atom is 0.255 e. The zero-order valence-corrected chi connectivity index (χ0v) is 17.2. The summed E-state index contributed by atoms with van der Waals surface area (Å²) in [5.41, 5.74) is 9.94. The van der Waals surface area contributed by atoms with Crippen LogP contribution in [0, 0.1) is 0 Å². The fourth-order valence-electron chi connectivity index (χ4n) is 3.14. The number of nitrogens with one attached hydrogen (secondary N) is 2. The fourth-order valence-corrected chi connectivity index (χ4v) is 3.14. The number of nitrogens with zero attached hydrogens (tertiary/aromatic N) is 3. The zero-order valence-electron chi connectivity index (χ0n) is 17.2. The number of carbonyl (C=O) groups is 2. The summed E-state index contributed by atoms with van der Waals surface area (Å²) in [6.45, 7) is 0.473. The van der Waals surface area contributed by atoms with E-state index >= 15 is 0 Å². The first-order chi connectivity index (χ1) is 15.6. The number of aromatic nitrogens is 3. The van der Waals surface area contributed by atoms with E-state index in [-0.39, 0.29) is 11.8 Å². The summed E-state index contributed by atoms with van der Waals surface area (Å²) in [4.78, 5) is 28.7. The lowest BCUT2D eigenvalue weighted by atomic mass is 10.1. The molecular formula is C24H22N6O2. The molecule has 0 spiro atoms. The molecule has 0 aliphatic heterocycles. The molecule has 2 heterocycles. The van der Waals surface area contributed by atoms with Gasteiger partial charge in [0.25, 0.3) is 5.91 Å². The highest BCUT2D eigenvalue weighted by Crippen LogP contribution is 2.18. The molecule has 0 radical (unpaired) electrons. The van der Waals surface area contributed by atoms with Gasteiger partial charge in [0.15, 0.2) is 5.65 Å². The molecule has 8 nitrogen and oxygen atoms in total. The number of carbonyl (C=O) groups excluding carboxylic acids is 2. The molecule has 0 unspecified atom stereocenters. The number of nitrogens with two attached hydrogens (primary N) is 1. The Labute approximate surface area is 184 Å². The Kier molecular flexibility index (Phi) is 6.22. The van der Waals surface area contributed by atoms with E-state index in [1.165, 1.54) is 6.08 Å².